The van der Waals surface area contributed by atoms with Gasteiger partial charge in [-0.2, -0.15) is 0 Å². The highest BCUT2D eigenvalue weighted by atomic mass is 79.9. The topological polar surface area (TPSA) is 54.3 Å². The van der Waals surface area contributed by atoms with Gasteiger partial charge in [0.15, 0.2) is 0 Å². The number of piperazine rings is 1. The van der Waals surface area contributed by atoms with Crippen LogP contribution in [0.5, 0.6) is 0 Å². The van der Waals surface area contributed by atoms with Crippen LogP contribution in [0.4, 0.5) is 5.69 Å². The van der Waals surface area contributed by atoms with Crippen molar-refractivity contribution in [3.05, 3.63) is 59.2 Å². The molecule has 1 fully saturated rings. The second-order valence-electron chi connectivity index (χ2n) is 5.99. The molecule has 2 heterocycles. The fraction of sp³-hybridized carbons (Fsp3) is 0.222. The summed E-state index contributed by atoms with van der Waals surface area (Å²) in [5, 5.41) is 4.30. The van der Waals surface area contributed by atoms with E-state index in [1.165, 1.54) is 3.97 Å². The molecule has 130 valence electrons. The van der Waals surface area contributed by atoms with E-state index >= 15 is 0 Å². The molecule has 0 saturated carbocycles. The van der Waals surface area contributed by atoms with Gasteiger partial charge in [0, 0.05) is 47.9 Å². The summed E-state index contributed by atoms with van der Waals surface area (Å²) in [6, 6.07) is 14.6. The average Bonchev–Trinajstić information content (AvgIpc) is 3.07. The highest BCUT2D eigenvalue weighted by Crippen LogP contribution is 2.32. The minimum absolute atomic E-state index is 0.264. The van der Waals surface area contributed by atoms with Gasteiger partial charge in [-0.1, -0.05) is 18.2 Å². The van der Waals surface area contributed by atoms with E-state index in [1.807, 2.05) is 18.2 Å². The van der Waals surface area contributed by atoms with Crippen LogP contribution in [0.1, 0.15) is 0 Å². The van der Waals surface area contributed by atoms with E-state index in [-0.39, 0.29) is 4.90 Å². The molecule has 5 nitrogen and oxygen atoms in total. The molecular formula is C18H18BrN3O2S. The number of anilines is 1. The summed E-state index contributed by atoms with van der Waals surface area (Å²) >= 11 is 3.35. The quantitative estimate of drug-likeness (QED) is 0.708. The Labute approximate surface area is 155 Å². The Morgan fingerprint density at radius 2 is 1.72 bits per heavy atom. The maximum absolute atomic E-state index is 13.1. The average molecular weight is 420 g/mol. The Kier molecular flexibility index (Phi) is 4.31. The zero-order valence-electron chi connectivity index (χ0n) is 13.5. The third kappa shape index (κ3) is 2.86. The fourth-order valence-corrected chi connectivity index (χ4v) is 5.59. The molecule has 7 heteroatoms. The number of halogens is 1. The van der Waals surface area contributed by atoms with Gasteiger partial charge in [0.05, 0.1) is 5.52 Å². The first kappa shape index (κ1) is 16.6. The first-order chi connectivity index (χ1) is 12.1. The molecule has 0 aliphatic carbocycles. The van der Waals surface area contributed by atoms with Gasteiger partial charge in [0.2, 0.25) is 0 Å². The molecule has 2 aromatic carbocycles. The highest BCUT2D eigenvalue weighted by Gasteiger charge is 2.23. The van der Waals surface area contributed by atoms with Crippen molar-refractivity contribution < 1.29 is 8.42 Å². The van der Waals surface area contributed by atoms with Gasteiger partial charge in [0.1, 0.15) is 4.90 Å². The zero-order chi connectivity index (χ0) is 17.4. The van der Waals surface area contributed by atoms with E-state index in [2.05, 4.69) is 32.2 Å². The van der Waals surface area contributed by atoms with Gasteiger partial charge in [-0.05, 0) is 46.3 Å². The first-order valence-electron chi connectivity index (χ1n) is 8.15. The Balaban J connectivity index is 1.86. The van der Waals surface area contributed by atoms with Gasteiger partial charge in [-0.3, -0.25) is 0 Å². The largest absolute Gasteiger partial charge is 0.368 e. The summed E-state index contributed by atoms with van der Waals surface area (Å²) in [6.07, 6.45) is 1.64. The minimum atomic E-state index is -3.66. The maximum Gasteiger partial charge on any atom is 0.269 e. The number of hydrogen-bond donors (Lipinski definition) is 1. The summed E-state index contributed by atoms with van der Waals surface area (Å²) in [4.78, 5) is 2.56. The van der Waals surface area contributed by atoms with Crippen LogP contribution in [0.25, 0.3) is 10.9 Å². The van der Waals surface area contributed by atoms with Crippen molar-refractivity contribution in [3.8, 4) is 0 Å². The SMILES string of the molecule is O=S(=O)(c1ccccc1Br)n1ccc2c(N3CCNCC3)cccc21. The van der Waals surface area contributed by atoms with Crippen LogP contribution in [0.15, 0.2) is 64.1 Å². The number of fused-ring (bicyclic) bond motifs is 1. The molecule has 25 heavy (non-hydrogen) atoms. The summed E-state index contributed by atoms with van der Waals surface area (Å²) in [5.74, 6) is 0. The Morgan fingerprint density at radius 3 is 2.48 bits per heavy atom. The number of nitrogens with zero attached hydrogens (tertiary/aromatic N) is 2. The van der Waals surface area contributed by atoms with Crippen molar-refractivity contribution in [1.29, 1.82) is 0 Å². The third-order valence-corrected chi connectivity index (χ3v) is 7.21. The predicted molar refractivity (Wildman–Crippen MR) is 104 cm³/mol. The van der Waals surface area contributed by atoms with Gasteiger partial charge < -0.3 is 10.2 Å². The number of rotatable bonds is 3. The molecule has 0 bridgehead atoms. The number of benzene rings is 2. The molecule has 4 rings (SSSR count). The second kappa shape index (κ2) is 6.48. The molecule has 0 unspecified atom stereocenters. The lowest BCUT2D eigenvalue weighted by Gasteiger charge is -2.30. The molecule has 1 N–H and O–H groups in total. The summed E-state index contributed by atoms with van der Waals surface area (Å²) in [5.41, 5.74) is 1.78. The zero-order valence-corrected chi connectivity index (χ0v) is 15.9. The molecular weight excluding hydrogens is 402 g/mol. The molecule has 1 aromatic heterocycles. The number of aromatic nitrogens is 1. The Bertz CT molecular complexity index is 1020. The van der Waals surface area contributed by atoms with E-state index in [0.717, 1.165) is 37.3 Å². The molecule has 0 amide bonds. The van der Waals surface area contributed by atoms with Crippen molar-refractivity contribution in [2.45, 2.75) is 4.90 Å². The van der Waals surface area contributed by atoms with Gasteiger partial charge in [-0.25, -0.2) is 12.4 Å². The van der Waals surface area contributed by atoms with Crippen LogP contribution >= 0.6 is 15.9 Å². The van der Waals surface area contributed by atoms with Crippen LogP contribution in [0.3, 0.4) is 0 Å². The standard InChI is InChI=1S/C18H18BrN3O2S/c19-15-4-1-2-7-18(15)25(23,24)22-11-8-14-16(5-3-6-17(14)22)21-12-9-20-10-13-21/h1-8,11,20H,9-10,12-13H2. The lowest BCUT2D eigenvalue weighted by atomic mass is 10.2. The highest BCUT2D eigenvalue weighted by molar-refractivity contribution is 9.10. The van der Waals surface area contributed by atoms with Gasteiger partial charge >= 0.3 is 0 Å². The Morgan fingerprint density at radius 1 is 0.960 bits per heavy atom. The van der Waals surface area contributed by atoms with E-state index in [4.69, 9.17) is 0 Å². The number of nitrogens with one attached hydrogen (secondary N) is 1. The van der Waals surface area contributed by atoms with E-state index in [0.29, 0.717) is 9.99 Å². The van der Waals surface area contributed by atoms with Crippen molar-refractivity contribution >= 4 is 42.5 Å². The van der Waals surface area contributed by atoms with Crippen LogP contribution in [-0.4, -0.2) is 38.6 Å². The molecule has 0 atom stereocenters. The van der Waals surface area contributed by atoms with E-state index in [1.54, 1.807) is 30.5 Å². The molecule has 0 spiro atoms. The lowest BCUT2D eigenvalue weighted by molar-refractivity contribution is 0.588. The lowest BCUT2D eigenvalue weighted by Crippen LogP contribution is -2.43. The van der Waals surface area contributed by atoms with Crippen molar-refractivity contribution in [1.82, 2.24) is 9.29 Å². The summed E-state index contributed by atoms with van der Waals surface area (Å²) in [6.45, 7) is 3.71. The second-order valence-corrected chi connectivity index (χ2v) is 8.63. The first-order valence-corrected chi connectivity index (χ1v) is 10.4. The molecule has 1 aliphatic rings. The van der Waals surface area contributed by atoms with Crippen molar-refractivity contribution in [2.24, 2.45) is 0 Å². The van der Waals surface area contributed by atoms with Crippen LogP contribution in [-0.2, 0) is 10.0 Å². The van der Waals surface area contributed by atoms with Gasteiger partial charge in [0.25, 0.3) is 10.0 Å². The molecule has 1 saturated heterocycles. The van der Waals surface area contributed by atoms with Crippen LogP contribution in [0, 0.1) is 0 Å². The van der Waals surface area contributed by atoms with E-state index in [9.17, 15) is 8.42 Å². The Hall–Kier alpha value is -1.83. The molecule has 1 aliphatic heterocycles. The smallest absolute Gasteiger partial charge is 0.269 e. The maximum atomic E-state index is 13.1. The summed E-state index contributed by atoms with van der Waals surface area (Å²) in [7, 11) is -3.66. The fourth-order valence-electron chi connectivity index (χ4n) is 3.28. The summed E-state index contributed by atoms with van der Waals surface area (Å²) < 4.78 is 28.2. The normalized spacial score (nSPS) is 15.6. The van der Waals surface area contributed by atoms with Gasteiger partial charge in [-0.15, -0.1) is 0 Å². The monoisotopic (exact) mass is 419 g/mol. The minimum Gasteiger partial charge on any atom is -0.368 e. The molecule has 0 radical (unpaired) electrons. The predicted octanol–water partition coefficient (Wildman–Crippen LogP) is 3.05. The van der Waals surface area contributed by atoms with E-state index < -0.39 is 10.0 Å². The van der Waals surface area contributed by atoms with Crippen LogP contribution in [0.2, 0.25) is 0 Å². The third-order valence-electron chi connectivity index (χ3n) is 4.51. The van der Waals surface area contributed by atoms with Crippen LogP contribution < -0.4 is 10.2 Å². The molecule has 3 aromatic rings. The van der Waals surface area contributed by atoms with Crippen molar-refractivity contribution in [2.75, 3.05) is 31.1 Å². The number of hydrogen-bond acceptors (Lipinski definition) is 4. The van der Waals surface area contributed by atoms with Crippen molar-refractivity contribution in [3.63, 3.8) is 0 Å².